The van der Waals surface area contributed by atoms with Crippen LogP contribution in [0, 0.1) is 0 Å². The van der Waals surface area contributed by atoms with E-state index in [0.29, 0.717) is 218 Å². The Morgan fingerprint density at radius 1 is 0.323 bits per heavy atom. The van der Waals surface area contributed by atoms with Crippen molar-refractivity contribution in [3.05, 3.63) is 0 Å². The van der Waals surface area contributed by atoms with Gasteiger partial charge in [-0.15, -0.1) is 0 Å². The average molecular weight is 1010 g/mol. The third kappa shape index (κ3) is 56.8. The molecule has 0 aliphatic carbocycles. The fourth-order valence-electron chi connectivity index (χ4n) is 4.37. The molecule has 0 spiro atoms. The Morgan fingerprint density at radius 2 is 0.523 bits per heavy atom. The largest absolute Gasteiger partial charge is 0.436 e. The van der Waals surface area contributed by atoms with Gasteiger partial charge in [-0.1, -0.05) is 41.5 Å². The maximum atomic E-state index is 8.60. The summed E-state index contributed by atoms with van der Waals surface area (Å²) in [5.74, 6) is 1.96. The zero-order valence-corrected chi connectivity index (χ0v) is 45.2. The minimum absolute atomic E-state index is 0.0216. The third-order valence-electron chi connectivity index (χ3n) is 7.66. The van der Waals surface area contributed by atoms with Crippen LogP contribution in [-0.4, -0.2) is 250 Å². The highest BCUT2D eigenvalue weighted by atomic mass is 32.2. The molecule has 0 unspecified atom stereocenters. The van der Waals surface area contributed by atoms with Gasteiger partial charge < -0.3 is 84.4 Å². The summed E-state index contributed by atoms with van der Waals surface area (Å²) in [5.41, 5.74) is 0. The van der Waals surface area contributed by atoms with Crippen molar-refractivity contribution in [2.24, 2.45) is 0 Å². The van der Waals surface area contributed by atoms with Crippen LogP contribution < -0.4 is 0 Å². The van der Waals surface area contributed by atoms with E-state index in [1.807, 2.05) is 11.8 Å². The smallest absolute Gasteiger partial charge is 0.314 e. The van der Waals surface area contributed by atoms with E-state index in [9.17, 15) is 0 Å². The zero-order valence-electron chi connectivity index (χ0n) is 41.3. The lowest BCUT2D eigenvalue weighted by Crippen LogP contribution is -2.44. The van der Waals surface area contributed by atoms with Gasteiger partial charge in [0.25, 0.3) is 0 Å². The lowest BCUT2D eigenvalue weighted by atomic mass is 10.3. The molecular weight excluding hydrogens is 921 g/mol. The van der Waals surface area contributed by atoms with Gasteiger partial charge in [-0.3, -0.25) is 0 Å². The first kappa shape index (κ1) is 65.3. The molecule has 0 heterocycles. The normalized spacial score (nSPS) is 12.6. The summed E-state index contributed by atoms with van der Waals surface area (Å²) >= 11 is 1.89. The van der Waals surface area contributed by atoms with E-state index in [1.54, 1.807) is 0 Å². The summed E-state index contributed by atoms with van der Waals surface area (Å²) in [6, 6.07) is 0.983. The molecule has 0 aliphatic heterocycles. The van der Waals surface area contributed by atoms with Crippen molar-refractivity contribution >= 4 is 39.8 Å². The molecule has 0 rings (SSSR count). The van der Waals surface area contributed by atoms with Gasteiger partial charge in [-0.25, -0.2) is 0 Å². The predicted molar refractivity (Wildman–Crippen MR) is 256 cm³/mol. The Morgan fingerprint density at radius 3 is 0.723 bits per heavy atom. The highest BCUT2D eigenvalue weighted by Gasteiger charge is 2.34. The molecule has 0 aromatic rings. The molecule has 0 atom stereocenters. The third-order valence-corrected chi connectivity index (χ3v) is 15.6. The molecule has 1 N–H and O–H groups in total. The second-order valence-corrected chi connectivity index (χ2v) is 25.3. The number of aliphatic hydroxyl groups excluding tert-OH is 1. The van der Waals surface area contributed by atoms with Crippen LogP contribution in [0.2, 0.25) is 22.7 Å². The van der Waals surface area contributed by atoms with Gasteiger partial charge in [0.05, 0.1) is 205 Å². The van der Waals surface area contributed by atoms with Gasteiger partial charge in [0.15, 0.2) is 0 Å². The van der Waals surface area contributed by atoms with E-state index >= 15 is 0 Å². The van der Waals surface area contributed by atoms with Crippen LogP contribution >= 0.6 is 11.8 Å². The van der Waals surface area contributed by atoms with Crippen LogP contribution in [0.3, 0.4) is 0 Å². The lowest BCUT2D eigenvalue weighted by Gasteiger charge is -2.32. The minimum Gasteiger partial charge on any atom is -0.436 e. The van der Waals surface area contributed by atoms with Crippen LogP contribution in [0.15, 0.2) is 0 Å². The number of thioether (sulfide) groups is 1. The number of ether oxygens (including phenoxy) is 15. The van der Waals surface area contributed by atoms with Crippen molar-refractivity contribution in [1.82, 2.24) is 0 Å². The van der Waals surface area contributed by atoms with Crippen molar-refractivity contribution in [1.29, 1.82) is 0 Å². The fourth-order valence-corrected chi connectivity index (χ4v) is 12.4. The monoisotopic (exact) mass is 1010 g/mol. The van der Waals surface area contributed by atoms with E-state index < -0.39 is 8.56 Å². The molecule has 22 heteroatoms. The van der Waals surface area contributed by atoms with Crippen molar-refractivity contribution in [3.8, 4) is 0 Å². The molecule has 0 aromatic carbocycles. The van der Waals surface area contributed by atoms with E-state index in [-0.39, 0.29) is 16.7 Å². The summed E-state index contributed by atoms with van der Waals surface area (Å²) in [6.07, 6.45) is 0. The van der Waals surface area contributed by atoms with Gasteiger partial charge in [0, 0.05) is 5.75 Å². The molecule has 0 fully saturated rings. The highest BCUT2D eigenvalue weighted by Crippen LogP contribution is 2.28. The molecule has 0 saturated heterocycles. The second kappa shape index (κ2) is 49.3. The van der Waals surface area contributed by atoms with Gasteiger partial charge in [0.1, 0.15) is 0 Å². The quantitative estimate of drug-likeness (QED) is 0.0688. The maximum absolute atomic E-state index is 8.60. The van der Waals surface area contributed by atoms with Crippen molar-refractivity contribution < 1.29 is 84.4 Å². The summed E-state index contributed by atoms with van der Waals surface area (Å²) < 4.78 is 95.2. The number of hydrogen-bond acceptors (Lipinski definition) is 19. The van der Waals surface area contributed by atoms with Crippen LogP contribution in [-0.2, 0) is 79.3 Å². The zero-order chi connectivity index (χ0) is 47.7. The van der Waals surface area contributed by atoms with E-state index in [2.05, 4.69) is 48.1 Å². The minimum atomic E-state index is -2.20. The van der Waals surface area contributed by atoms with Crippen molar-refractivity contribution in [3.63, 3.8) is 0 Å². The Kier molecular flexibility index (Phi) is 49.5. The molecule has 4 radical (unpaired) electrons. The SMILES string of the molecule is CC(C)(C)[Si]O[Si](C)(CCSCCOCCOCCOCCOCCOCCOCCOCCOCCOCCOCCOCCOCCOCCOCCOCCO)O[Si]C(C)(C)C. The maximum Gasteiger partial charge on any atom is 0.314 e. The summed E-state index contributed by atoms with van der Waals surface area (Å²) in [6.45, 7) is 30.7. The van der Waals surface area contributed by atoms with Crippen LogP contribution in [0.5, 0.6) is 0 Å². The predicted octanol–water partition coefficient (Wildman–Crippen LogP) is 3.74. The summed E-state index contributed by atoms with van der Waals surface area (Å²) in [5, 5.41) is 8.91. The molecule has 0 bridgehead atoms. The number of rotatable bonds is 54. The van der Waals surface area contributed by atoms with Gasteiger partial charge >= 0.3 is 8.56 Å². The topological polar surface area (TPSA) is 177 Å². The summed E-state index contributed by atoms with van der Waals surface area (Å²) in [4.78, 5) is 0. The number of aliphatic hydroxyl groups is 1. The van der Waals surface area contributed by atoms with E-state index in [4.69, 9.17) is 84.4 Å². The highest BCUT2D eigenvalue weighted by molar-refractivity contribution is 7.99. The molecule has 65 heavy (non-hydrogen) atoms. The molecule has 0 aromatic heterocycles. The first-order valence-electron chi connectivity index (χ1n) is 23.2. The molecule has 0 amide bonds. The van der Waals surface area contributed by atoms with E-state index in [0.717, 1.165) is 17.5 Å². The number of hydrogen-bond donors (Lipinski definition) is 1. The van der Waals surface area contributed by atoms with Crippen molar-refractivity contribution in [2.45, 2.75) is 64.2 Å². The first-order chi connectivity index (χ1) is 31.5. The van der Waals surface area contributed by atoms with Crippen LogP contribution in [0.1, 0.15) is 41.5 Å². The Bertz CT molecular complexity index is 928. The molecule has 388 valence electrons. The van der Waals surface area contributed by atoms with Crippen LogP contribution in [0.25, 0.3) is 0 Å². The fraction of sp³-hybridized carbons (Fsp3) is 1.00. The van der Waals surface area contributed by atoms with Crippen molar-refractivity contribution in [2.75, 3.05) is 216 Å². The van der Waals surface area contributed by atoms with E-state index in [1.165, 1.54) is 0 Å². The molecule has 18 nitrogen and oxygen atoms in total. The lowest BCUT2D eigenvalue weighted by molar-refractivity contribution is -0.0301. The van der Waals surface area contributed by atoms with Gasteiger partial charge in [-0.05, 0) is 28.4 Å². The Balaban J connectivity index is 3.25. The van der Waals surface area contributed by atoms with Crippen LogP contribution in [0.4, 0.5) is 0 Å². The molecular formula is C43H90O18SSi3. The summed E-state index contributed by atoms with van der Waals surface area (Å²) in [7, 11) is -1.30. The van der Waals surface area contributed by atoms with Gasteiger partial charge in [0.2, 0.25) is 19.5 Å². The average Bonchev–Trinajstić information content (AvgIpc) is 3.26. The van der Waals surface area contributed by atoms with Gasteiger partial charge in [-0.2, -0.15) is 11.8 Å². The molecule has 0 saturated carbocycles. The first-order valence-corrected chi connectivity index (χ1v) is 28.7. The second-order valence-electron chi connectivity index (χ2n) is 16.3. The Hall–Kier alpha value is 0.281. The molecule has 0 aliphatic rings. The standard InChI is InChI=1S/C43H90O18SSi3/c1-42(2,3)63-60-65(7,61-64-43(4,5)6)41-40-62-39-38-59-37-36-58-35-34-57-33-32-56-31-30-55-29-28-54-27-26-53-25-24-52-23-22-51-21-20-50-19-18-49-17-16-48-15-14-47-13-12-46-11-10-45-9-8-44/h44H,8-41H2,1-7H3. The Labute approximate surface area is 403 Å².